The summed E-state index contributed by atoms with van der Waals surface area (Å²) >= 11 is 0. The van der Waals surface area contributed by atoms with Gasteiger partial charge in [0.15, 0.2) is 5.75 Å². The second-order valence-electron chi connectivity index (χ2n) is 3.58. The second-order valence-corrected chi connectivity index (χ2v) is 3.58. The number of phenols is 1. The van der Waals surface area contributed by atoms with Crippen molar-refractivity contribution in [1.82, 2.24) is 0 Å². The van der Waals surface area contributed by atoms with Crippen LogP contribution in [0.2, 0.25) is 0 Å². The normalized spacial score (nSPS) is 9.33. The van der Waals surface area contributed by atoms with Crippen LogP contribution in [0.5, 0.6) is 5.75 Å². The van der Waals surface area contributed by atoms with Crippen molar-refractivity contribution in [3.8, 4) is 17.6 Å². The molecule has 18 heavy (non-hydrogen) atoms. The van der Waals surface area contributed by atoms with Crippen LogP contribution in [0, 0.1) is 22.0 Å². The third-order valence-corrected chi connectivity index (χ3v) is 2.30. The molecule has 0 radical (unpaired) electrons. The predicted molar refractivity (Wildman–Crippen MR) is 67.2 cm³/mol. The summed E-state index contributed by atoms with van der Waals surface area (Å²) in [6.45, 7) is 0. The van der Waals surface area contributed by atoms with Crippen molar-refractivity contribution in [2.24, 2.45) is 0 Å². The fourth-order valence-electron chi connectivity index (χ4n) is 1.41. The van der Waals surface area contributed by atoms with Crippen LogP contribution in [-0.2, 0) is 0 Å². The molecule has 2 aromatic rings. The van der Waals surface area contributed by atoms with Gasteiger partial charge < -0.3 is 5.11 Å². The Morgan fingerprint density at radius 1 is 1.00 bits per heavy atom. The molecule has 0 bridgehead atoms. The second kappa shape index (κ2) is 5.02. The minimum atomic E-state index is -0.636. The van der Waals surface area contributed by atoms with Crippen LogP contribution in [0.1, 0.15) is 11.1 Å². The summed E-state index contributed by atoms with van der Waals surface area (Å²) in [6.07, 6.45) is 0. The van der Waals surface area contributed by atoms with Gasteiger partial charge in [-0.1, -0.05) is 30.0 Å². The highest BCUT2D eigenvalue weighted by molar-refractivity contribution is 5.53. The molecule has 0 heterocycles. The van der Waals surface area contributed by atoms with Crippen molar-refractivity contribution in [2.75, 3.05) is 0 Å². The fraction of sp³-hybridized carbons (Fsp3) is 0. The molecule has 0 fully saturated rings. The first kappa shape index (κ1) is 11.7. The highest BCUT2D eigenvalue weighted by Gasteiger charge is 2.12. The van der Waals surface area contributed by atoms with E-state index in [1.54, 1.807) is 0 Å². The minimum Gasteiger partial charge on any atom is -0.502 e. The van der Waals surface area contributed by atoms with Crippen LogP contribution in [0.3, 0.4) is 0 Å². The van der Waals surface area contributed by atoms with Gasteiger partial charge in [-0.2, -0.15) is 0 Å². The summed E-state index contributed by atoms with van der Waals surface area (Å²) in [5, 5.41) is 19.9. The average molecular weight is 239 g/mol. The number of aromatic hydroxyl groups is 1. The summed E-state index contributed by atoms with van der Waals surface area (Å²) in [5.41, 5.74) is 0.978. The van der Waals surface area contributed by atoms with Crippen molar-refractivity contribution in [3.05, 3.63) is 69.8 Å². The molecule has 4 nitrogen and oxygen atoms in total. The maximum absolute atomic E-state index is 10.6. The van der Waals surface area contributed by atoms with E-state index >= 15 is 0 Å². The van der Waals surface area contributed by atoms with Gasteiger partial charge in [-0.15, -0.1) is 0 Å². The Morgan fingerprint density at radius 2 is 1.67 bits per heavy atom. The molecule has 2 aromatic carbocycles. The molecule has 88 valence electrons. The van der Waals surface area contributed by atoms with E-state index in [0.717, 1.165) is 5.56 Å². The molecule has 0 amide bonds. The zero-order valence-electron chi connectivity index (χ0n) is 9.33. The summed E-state index contributed by atoms with van der Waals surface area (Å²) in [7, 11) is 0. The van der Waals surface area contributed by atoms with Gasteiger partial charge in [-0.05, 0) is 24.3 Å². The number of hydrogen-bond acceptors (Lipinski definition) is 3. The molecule has 0 aliphatic heterocycles. The average Bonchev–Trinajstić information content (AvgIpc) is 2.38. The molecular formula is C14H9NO3. The Hall–Kier alpha value is -2.80. The lowest BCUT2D eigenvalue weighted by molar-refractivity contribution is -0.385. The van der Waals surface area contributed by atoms with Crippen LogP contribution in [0.25, 0.3) is 0 Å². The van der Waals surface area contributed by atoms with E-state index in [9.17, 15) is 15.2 Å². The molecule has 0 aliphatic rings. The van der Waals surface area contributed by atoms with E-state index in [1.807, 2.05) is 30.3 Å². The third kappa shape index (κ3) is 2.66. The van der Waals surface area contributed by atoms with E-state index in [-0.39, 0.29) is 11.4 Å². The fourth-order valence-corrected chi connectivity index (χ4v) is 1.41. The maximum Gasteiger partial charge on any atom is 0.311 e. The van der Waals surface area contributed by atoms with Gasteiger partial charge in [-0.25, -0.2) is 0 Å². The van der Waals surface area contributed by atoms with Gasteiger partial charge in [0.2, 0.25) is 0 Å². The van der Waals surface area contributed by atoms with E-state index in [2.05, 4.69) is 11.8 Å². The highest BCUT2D eigenvalue weighted by Crippen LogP contribution is 2.25. The molecule has 1 N–H and O–H groups in total. The lowest BCUT2D eigenvalue weighted by atomic mass is 10.1. The summed E-state index contributed by atoms with van der Waals surface area (Å²) in [5.74, 6) is 5.35. The number of benzene rings is 2. The molecular weight excluding hydrogens is 230 g/mol. The lowest BCUT2D eigenvalue weighted by Gasteiger charge is -1.95. The van der Waals surface area contributed by atoms with Crippen LogP contribution >= 0.6 is 0 Å². The van der Waals surface area contributed by atoms with Crippen LogP contribution in [-0.4, -0.2) is 10.0 Å². The van der Waals surface area contributed by atoms with E-state index in [1.165, 1.54) is 18.2 Å². The third-order valence-electron chi connectivity index (χ3n) is 2.30. The molecule has 0 aliphatic carbocycles. The largest absolute Gasteiger partial charge is 0.502 e. The lowest BCUT2D eigenvalue weighted by Crippen LogP contribution is -1.89. The number of phenolic OH excluding ortho intramolecular Hbond substituents is 1. The Kier molecular flexibility index (Phi) is 3.26. The van der Waals surface area contributed by atoms with Crippen molar-refractivity contribution < 1.29 is 10.0 Å². The number of hydrogen-bond donors (Lipinski definition) is 1. The smallest absolute Gasteiger partial charge is 0.311 e. The van der Waals surface area contributed by atoms with Gasteiger partial charge in [0.05, 0.1) is 4.92 Å². The molecule has 0 aromatic heterocycles. The van der Waals surface area contributed by atoms with Gasteiger partial charge in [0, 0.05) is 17.2 Å². The van der Waals surface area contributed by atoms with Crippen molar-refractivity contribution in [1.29, 1.82) is 0 Å². The molecule has 0 saturated carbocycles. The van der Waals surface area contributed by atoms with Crippen LogP contribution < -0.4 is 0 Å². The first-order valence-electron chi connectivity index (χ1n) is 5.21. The van der Waals surface area contributed by atoms with Crippen LogP contribution in [0.4, 0.5) is 5.69 Å². The standard InChI is InChI=1S/C14H9NO3/c16-14-9-8-12(10-13(14)15(17)18)7-6-11-4-2-1-3-5-11/h1-5,8-10,16H. The first-order valence-corrected chi connectivity index (χ1v) is 5.21. The van der Waals surface area contributed by atoms with E-state index in [0.29, 0.717) is 5.56 Å². The van der Waals surface area contributed by atoms with E-state index < -0.39 is 4.92 Å². The SMILES string of the molecule is O=[N+]([O-])c1cc(C#Cc2ccccc2)ccc1O. The molecule has 0 spiro atoms. The van der Waals surface area contributed by atoms with Gasteiger partial charge in [0.25, 0.3) is 0 Å². The zero-order valence-corrected chi connectivity index (χ0v) is 9.33. The Morgan fingerprint density at radius 3 is 2.33 bits per heavy atom. The number of rotatable bonds is 1. The Bertz CT molecular complexity index is 639. The van der Waals surface area contributed by atoms with Crippen LogP contribution in [0.15, 0.2) is 48.5 Å². The monoisotopic (exact) mass is 239 g/mol. The Balaban J connectivity index is 2.34. The highest BCUT2D eigenvalue weighted by atomic mass is 16.6. The van der Waals surface area contributed by atoms with Crippen molar-refractivity contribution in [3.63, 3.8) is 0 Å². The summed E-state index contributed by atoms with van der Waals surface area (Å²) in [4.78, 5) is 10.0. The molecule has 4 heteroatoms. The summed E-state index contributed by atoms with van der Waals surface area (Å²) < 4.78 is 0. The van der Waals surface area contributed by atoms with Crippen molar-refractivity contribution in [2.45, 2.75) is 0 Å². The number of nitro groups is 1. The quantitative estimate of drug-likeness (QED) is 0.472. The predicted octanol–water partition coefficient (Wildman–Crippen LogP) is 2.70. The molecule has 0 atom stereocenters. The van der Waals surface area contributed by atoms with E-state index in [4.69, 9.17) is 0 Å². The number of nitrogens with zero attached hydrogens (tertiary/aromatic N) is 1. The van der Waals surface area contributed by atoms with Gasteiger partial charge in [0.1, 0.15) is 0 Å². The van der Waals surface area contributed by atoms with Gasteiger partial charge in [-0.3, -0.25) is 10.1 Å². The molecule has 0 saturated heterocycles. The minimum absolute atomic E-state index is 0.338. The maximum atomic E-state index is 10.6. The Labute approximate surface area is 104 Å². The topological polar surface area (TPSA) is 63.4 Å². The molecule has 0 unspecified atom stereocenters. The molecule has 2 rings (SSSR count). The van der Waals surface area contributed by atoms with Crippen molar-refractivity contribution >= 4 is 5.69 Å². The summed E-state index contributed by atoms with van der Waals surface area (Å²) in [6, 6.07) is 13.4. The van der Waals surface area contributed by atoms with Gasteiger partial charge >= 0.3 is 5.69 Å². The first-order chi connectivity index (χ1) is 8.66. The number of nitro benzene ring substituents is 1. The zero-order chi connectivity index (χ0) is 13.0.